The average molecular weight is 415 g/mol. The summed E-state index contributed by atoms with van der Waals surface area (Å²) in [5, 5.41) is 1.13. The third-order valence-electron chi connectivity index (χ3n) is 5.70. The quantitative estimate of drug-likeness (QED) is 0.418. The van der Waals surface area contributed by atoms with E-state index in [1.165, 1.54) is 14.2 Å². The Bertz CT molecular complexity index is 1090. The molecule has 0 N–H and O–H groups in total. The zero-order chi connectivity index (χ0) is 21.8. The van der Waals surface area contributed by atoms with Gasteiger partial charge < -0.3 is 28.6 Å². The second-order valence-electron chi connectivity index (χ2n) is 7.06. The minimum Gasteiger partial charge on any atom is -0.493 e. The molecule has 0 amide bonds. The Labute approximate surface area is 172 Å². The van der Waals surface area contributed by atoms with Crippen LogP contribution >= 0.6 is 0 Å². The van der Waals surface area contributed by atoms with Gasteiger partial charge in [-0.05, 0) is 24.1 Å². The van der Waals surface area contributed by atoms with Gasteiger partial charge in [0.15, 0.2) is 11.5 Å². The van der Waals surface area contributed by atoms with Crippen LogP contribution in [0.4, 0.5) is 5.69 Å². The molecule has 2 aliphatic rings. The van der Waals surface area contributed by atoms with Crippen molar-refractivity contribution in [2.75, 3.05) is 46.9 Å². The predicted molar refractivity (Wildman–Crippen MR) is 105 cm³/mol. The summed E-state index contributed by atoms with van der Waals surface area (Å²) in [5.74, 6) is -2.27. The molecule has 30 heavy (non-hydrogen) atoms. The van der Waals surface area contributed by atoms with Gasteiger partial charge in [-0.3, -0.25) is 0 Å². The highest BCUT2D eigenvalue weighted by molar-refractivity contribution is 6.20. The van der Waals surface area contributed by atoms with Crippen LogP contribution in [0.3, 0.4) is 0 Å². The SMILES string of the molecule is COC(=O)C1(C(=O)OC)OC(=O)c2cc3c4c(cc(OC)c(OC)c4c21)CCN3C. The summed E-state index contributed by atoms with van der Waals surface area (Å²) in [7, 11) is 7.05. The number of likely N-dealkylation sites (N-methyl/N-ethyl adjacent to an activating group) is 1. The van der Waals surface area contributed by atoms with Crippen LogP contribution in [0, 0.1) is 0 Å². The highest BCUT2D eigenvalue weighted by atomic mass is 16.6. The van der Waals surface area contributed by atoms with E-state index < -0.39 is 23.5 Å². The maximum absolute atomic E-state index is 12.9. The standard InChI is InChI=1S/C21H21NO8/c1-22-7-6-10-8-13(26-2)17(27-3)15-14(10)12(22)9-11-16(15)21(19(24)28-4,20(25)29-5)30-18(11)23/h8-9H,6-7H2,1-5H3. The van der Waals surface area contributed by atoms with Crippen LogP contribution in [-0.2, 0) is 35.8 Å². The first-order valence-electron chi connectivity index (χ1n) is 9.22. The molecule has 0 radical (unpaired) electrons. The first kappa shape index (κ1) is 19.8. The molecule has 158 valence electrons. The fourth-order valence-corrected chi connectivity index (χ4v) is 4.33. The number of hydrogen-bond acceptors (Lipinski definition) is 9. The van der Waals surface area contributed by atoms with E-state index in [0.29, 0.717) is 24.1 Å². The lowest BCUT2D eigenvalue weighted by Gasteiger charge is -2.31. The Kier molecular flexibility index (Phi) is 4.48. The molecule has 0 saturated carbocycles. The van der Waals surface area contributed by atoms with Crippen molar-refractivity contribution < 1.29 is 38.1 Å². The third-order valence-corrected chi connectivity index (χ3v) is 5.70. The highest BCUT2D eigenvalue weighted by Crippen LogP contribution is 2.52. The van der Waals surface area contributed by atoms with Crippen LogP contribution in [0.5, 0.6) is 11.5 Å². The van der Waals surface area contributed by atoms with Crippen LogP contribution in [0.25, 0.3) is 10.8 Å². The maximum atomic E-state index is 12.9. The number of methoxy groups -OCH3 is 4. The number of fused-ring (bicyclic) bond motifs is 2. The van der Waals surface area contributed by atoms with Crippen molar-refractivity contribution in [3.63, 3.8) is 0 Å². The summed E-state index contributed by atoms with van der Waals surface area (Å²) in [5.41, 5.74) is -0.603. The van der Waals surface area contributed by atoms with Gasteiger partial charge in [0.1, 0.15) is 0 Å². The van der Waals surface area contributed by atoms with Gasteiger partial charge in [-0.1, -0.05) is 0 Å². The molecule has 0 saturated heterocycles. The number of esters is 3. The van der Waals surface area contributed by atoms with E-state index in [1.54, 1.807) is 6.07 Å². The summed E-state index contributed by atoms with van der Waals surface area (Å²) in [6, 6.07) is 3.49. The number of cyclic esters (lactones) is 1. The number of hydrogen-bond donors (Lipinski definition) is 0. The number of ether oxygens (including phenoxy) is 5. The molecule has 2 heterocycles. The molecule has 4 rings (SSSR count). The zero-order valence-corrected chi connectivity index (χ0v) is 17.3. The molecule has 2 aliphatic heterocycles. The predicted octanol–water partition coefficient (Wildman–Crippen LogP) is 1.56. The van der Waals surface area contributed by atoms with Gasteiger partial charge in [-0.25, -0.2) is 14.4 Å². The van der Waals surface area contributed by atoms with Gasteiger partial charge in [-0.2, -0.15) is 0 Å². The van der Waals surface area contributed by atoms with Gasteiger partial charge in [0.05, 0.1) is 34.0 Å². The smallest absolute Gasteiger partial charge is 0.367 e. The van der Waals surface area contributed by atoms with Crippen molar-refractivity contribution in [3.05, 3.63) is 28.8 Å². The summed E-state index contributed by atoms with van der Waals surface area (Å²) in [6.07, 6.45) is 0.692. The number of anilines is 1. The molecule has 0 spiro atoms. The number of nitrogens with zero attached hydrogens (tertiary/aromatic N) is 1. The molecule has 0 aliphatic carbocycles. The second kappa shape index (κ2) is 6.79. The Morgan fingerprint density at radius 1 is 1.03 bits per heavy atom. The number of rotatable bonds is 4. The van der Waals surface area contributed by atoms with Gasteiger partial charge in [-0.15, -0.1) is 0 Å². The molecule has 0 atom stereocenters. The first-order chi connectivity index (χ1) is 14.3. The minimum absolute atomic E-state index is 0.0391. The molecule has 0 aromatic heterocycles. The van der Waals surface area contributed by atoms with Gasteiger partial charge in [0, 0.05) is 35.6 Å². The lowest BCUT2D eigenvalue weighted by molar-refractivity contribution is -0.180. The summed E-state index contributed by atoms with van der Waals surface area (Å²) < 4.78 is 26.3. The van der Waals surface area contributed by atoms with Crippen molar-refractivity contribution >= 4 is 34.4 Å². The lowest BCUT2D eigenvalue weighted by atomic mass is 9.83. The summed E-state index contributed by atoms with van der Waals surface area (Å²) in [4.78, 5) is 40.6. The maximum Gasteiger partial charge on any atom is 0.367 e. The largest absolute Gasteiger partial charge is 0.493 e. The van der Waals surface area contributed by atoms with E-state index in [2.05, 4.69) is 0 Å². The van der Waals surface area contributed by atoms with E-state index >= 15 is 0 Å². The van der Waals surface area contributed by atoms with Crippen LogP contribution < -0.4 is 14.4 Å². The van der Waals surface area contributed by atoms with Crippen molar-refractivity contribution in [3.8, 4) is 11.5 Å². The fraction of sp³-hybridized carbons (Fsp3) is 0.381. The van der Waals surface area contributed by atoms with E-state index in [0.717, 1.165) is 30.9 Å². The number of carbonyl (C=O) groups excluding carboxylic acids is 3. The Morgan fingerprint density at radius 2 is 1.70 bits per heavy atom. The van der Waals surface area contributed by atoms with Crippen LogP contribution in [0.2, 0.25) is 0 Å². The van der Waals surface area contributed by atoms with Crippen molar-refractivity contribution in [2.45, 2.75) is 12.0 Å². The molecule has 2 aromatic rings. The Balaban J connectivity index is 2.27. The van der Waals surface area contributed by atoms with Crippen molar-refractivity contribution in [1.82, 2.24) is 0 Å². The zero-order valence-electron chi connectivity index (χ0n) is 17.3. The fourth-order valence-electron chi connectivity index (χ4n) is 4.33. The van der Waals surface area contributed by atoms with Crippen molar-refractivity contribution in [2.24, 2.45) is 0 Å². The molecule has 0 unspecified atom stereocenters. The van der Waals surface area contributed by atoms with Crippen LogP contribution in [0.1, 0.15) is 21.5 Å². The van der Waals surface area contributed by atoms with E-state index in [-0.39, 0.29) is 16.9 Å². The Morgan fingerprint density at radius 3 is 2.27 bits per heavy atom. The summed E-state index contributed by atoms with van der Waals surface area (Å²) in [6.45, 7) is 0.713. The van der Waals surface area contributed by atoms with Gasteiger partial charge in [0.2, 0.25) is 0 Å². The lowest BCUT2D eigenvalue weighted by Crippen LogP contribution is -2.46. The van der Waals surface area contributed by atoms with Crippen molar-refractivity contribution in [1.29, 1.82) is 0 Å². The normalized spacial score (nSPS) is 16.0. The second-order valence-corrected chi connectivity index (χ2v) is 7.06. The van der Waals surface area contributed by atoms with E-state index in [4.69, 9.17) is 23.7 Å². The molecular formula is C21H21NO8. The third kappa shape index (κ3) is 2.31. The monoisotopic (exact) mass is 415 g/mol. The van der Waals surface area contributed by atoms with Crippen LogP contribution in [0.15, 0.2) is 12.1 Å². The van der Waals surface area contributed by atoms with Gasteiger partial charge in [0.25, 0.3) is 0 Å². The molecule has 9 nitrogen and oxygen atoms in total. The van der Waals surface area contributed by atoms with E-state index in [9.17, 15) is 14.4 Å². The molecule has 0 bridgehead atoms. The topological polar surface area (TPSA) is 101 Å². The van der Waals surface area contributed by atoms with Crippen LogP contribution in [-0.4, -0.2) is 59.9 Å². The number of carbonyl (C=O) groups is 3. The average Bonchev–Trinajstić information content (AvgIpc) is 3.07. The molecular weight excluding hydrogens is 394 g/mol. The molecule has 0 fully saturated rings. The highest BCUT2D eigenvalue weighted by Gasteiger charge is 2.62. The summed E-state index contributed by atoms with van der Waals surface area (Å²) >= 11 is 0. The first-order valence-corrected chi connectivity index (χ1v) is 9.22. The molecule has 2 aromatic carbocycles. The van der Waals surface area contributed by atoms with E-state index in [1.807, 2.05) is 18.0 Å². The molecule has 9 heteroatoms. The Hall–Kier alpha value is -3.49. The van der Waals surface area contributed by atoms with Gasteiger partial charge >= 0.3 is 23.5 Å². The number of benzene rings is 2. The minimum atomic E-state index is -2.40.